The maximum Gasteiger partial charge on any atom is 0.257 e. The number of morpholine rings is 1. The van der Waals surface area contributed by atoms with Gasteiger partial charge in [-0.15, -0.1) is 0 Å². The minimum atomic E-state index is -0.0261. The fourth-order valence-corrected chi connectivity index (χ4v) is 3.65. The van der Waals surface area contributed by atoms with Crippen LogP contribution in [-0.2, 0) is 4.74 Å². The molecule has 0 bridgehead atoms. The number of nitrogens with zero attached hydrogens (tertiary/aromatic N) is 4. The first-order valence-electron chi connectivity index (χ1n) is 9.32. The van der Waals surface area contributed by atoms with E-state index in [0.29, 0.717) is 24.7 Å². The normalized spacial score (nSPS) is 21.5. The number of amides is 1. The van der Waals surface area contributed by atoms with Crippen molar-refractivity contribution in [3.05, 3.63) is 42.1 Å². The lowest BCUT2D eigenvalue weighted by atomic mass is 10.1. The minimum absolute atomic E-state index is 0.0149. The first-order valence-corrected chi connectivity index (χ1v) is 9.32. The van der Waals surface area contributed by atoms with Gasteiger partial charge in [0.1, 0.15) is 5.76 Å². The van der Waals surface area contributed by atoms with Gasteiger partial charge < -0.3 is 19.0 Å². The summed E-state index contributed by atoms with van der Waals surface area (Å²) >= 11 is 0. The van der Waals surface area contributed by atoms with E-state index in [1.807, 2.05) is 17.0 Å². The van der Waals surface area contributed by atoms with Crippen LogP contribution >= 0.6 is 0 Å². The molecule has 2 aromatic heterocycles. The van der Waals surface area contributed by atoms with E-state index in [1.54, 1.807) is 18.7 Å². The molecule has 2 aliphatic heterocycles. The van der Waals surface area contributed by atoms with Crippen LogP contribution in [0.2, 0.25) is 0 Å². The van der Waals surface area contributed by atoms with E-state index >= 15 is 0 Å². The number of hydrogen-bond acceptors (Lipinski definition) is 6. The zero-order valence-corrected chi connectivity index (χ0v) is 14.8. The number of rotatable bonds is 3. The van der Waals surface area contributed by atoms with Crippen molar-refractivity contribution >= 4 is 11.9 Å². The van der Waals surface area contributed by atoms with Gasteiger partial charge in [-0.25, -0.2) is 9.97 Å². The first kappa shape index (κ1) is 17.0. The van der Waals surface area contributed by atoms with Crippen molar-refractivity contribution in [1.29, 1.82) is 0 Å². The van der Waals surface area contributed by atoms with E-state index in [4.69, 9.17) is 9.15 Å². The van der Waals surface area contributed by atoms with Crippen LogP contribution in [0, 0.1) is 0 Å². The average Bonchev–Trinajstić information content (AvgIpc) is 3.13. The Morgan fingerprint density at radius 3 is 2.62 bits per heavy atom. The molecule has 0 aromatic carbocycles. The molecule has 2 fully saturated rings. The van der Waals surface area contributed by atoms with E-state index in [1.165, 1.54) is 0 Å². The molecule has 1 amide bonds. The summed E-state index contributed by atoms with van der Waals surface area (Å²) in [7, 11) is 0. The molecule has 138 valence electrons. The molecule has 7 heteroatoms. The van der Waals surface area contributed by atoms with Crippen LogP contribution in [0.5, 0.6) is 0 Å². The quantitative estimate of drug-likeness (QED) is 0.842. The van der Waals surface area contributed by atoms with Gasteiger partial charge in [0.2, 0.25) is 5.95 Å². The highest BCUT2D eigenvalue weighted by Crippen LogP contribution is 2.31. The number of furan rings is 1. The lowest BCUT2D eigenvalue weighted by molar-refractivity contribution is 0.0657. The Balaban J connectivity index is 1.53. The highest BCUT2D eigenvalue weighted by atomic mass is 16.5. The molecule has 26 heavy (non-hydrogen) atoms. The lowest BCUT2D eigenvalue weighted by Gasteiger charge is -2.29. The van der Waals surface area contributed by atoms with Crippen LogP contribution in [0.4, 0.5) is 5.95 Å². The molecule has 2 aliphatic rings. The summed E-state index contributed by atoms with van der Waals surface area (Å²) < 4.78 is 11.0. The molecule has 0 aliphatic carbocycles. The molecular formula is C19H24N4O3. The Morgan fingerprint density at radius 1 is 1.08 bits per heavy atom. The van der Waals surface area contributed by atoms with Crippen LogP contribution < -0.4 is 4.90 Å². The van der Waals surface area contributed by atoms with Crippen molar-refractivity contribution in [2.75, 3.05) is 37.7 Å². The topological polar surface area (TPSA) is 71.7 Å². The molecule has 4 heterocycles. The fraction of sp³-hybridized carbons (Fsp3) is 0.526. The fourth-order valence-electron chi connectivity index (χ4n) is 3.65. The standard InChI is InChI=1S/C19H24N4O3/c24-18(15-13-20-19(21-14-15)22-8-11-25-12-9-22)23-7-3-1-2-5-16(23)17-6-4-10-26-17/h4,6,10,13-14,16H,1-3,5,7-9,11-12H2/t16-/m1/s1. The van der Waals surface area contributed by atoms with Crippen molar-refractivity contribution in [3.8, 4) is 0 Å². The third-order valence-electron chi connectivity index (χ3n) is 5.06. The summed E-state index contributed by atoms with van der Waals surface area (Å²) in [6.45, 7) is 3.65. The van der Waals surface area contributed by atoms with Crippen LogP contribution in [0.1, 0.15) is 47.8 Å². The van der Waals surface area contributed by atoms with Gasteiger partial charge in [0.25, 0.3) is 5.91 Å². The monoisotopic (exact) mass is 356 g/mol. The molecule has 2 saturated heterocycles. The summed E-state index contributed by atoms with van der Waals surface area (Å²) in [6, 6.07) is 3.82. The number of anilines is 1. The molecule has 4 rings (SSSR count). The Kier molecular flexibility index (Phi) is 5.15. The van der Waals surface area contributed by atoms with Gasteiger partial charge in [0.05, 0.1) is 31.1 Å². The zero-order valence-electron chi connectivity index (χ0n) is 14.8. The zero-order chi connectivity index (χ0) is 17.8. The molecule has 0 spiro atoms. The first-order chi connectivity index (χ1) is 12.8. The number of aromatic nitrogens is 2. The van der Waals surface area contributed by atoms with Crippen molar-refractivity contribution in [3.63, 3.8) is 0 Å². The van der Waals surface area contributed by atoms with Crippen molar-refractivity contribution in [2.24, 2.45) is 0 Å². The van der Waals surface area contributed by atoms with E-state index in [9.17, 15) is 4.79 Å². The second-order valence-electron chi connectivity index (χ2n) is 6.75. The molecule has 0 saturated carbocycles. The second-order valence-corrected chi connectivity index (χ2v) is 6.75. The number of likely N-dealkylation sites (tertiary alicyclic amines) is 1. The van der Waals surface area contributed by atoms with Gasteiger partial charge in [-0.3, -0.25) is 4.79 Å². The van der Waals surface area contributed by atoms with Gasteiger partial charge in [0.15, 0.2) is 0 Å². The van der Waals surface area contributed by atoms with E-state index in [2.05, 4.69) is 14.9 Å². The van der Waals surface area contributed by atoms with Gasteiger partial charge in [-0.05, 0) is 25.0 Å². The van der Waals surface area contributed by atoms with Crippen molar-refractivity contribution in [2.45, 2.75) is 31.7 Å². The summed E-state index contributed by atoms with van der Waals surface area (Å²) in [5.74, 6) is 1.48. The Morgan fingerprint density at radius 2 is 1.88 bits per heavy atom. The highest BCUT2D eigenvalue weighted by molar-refractivity contribution is 5.94. The number of ether oxygens (including phenoxy) is 1. The van der Waals surface area contributed by atoms with Gasteiger partial charge >= 0.3 is 0 Å². The molecule has 2 aromatic rings. The Hall–Kier alpha value is -2.41. The maximum atomic E-state index is 13.1. The third-order valence-corrected chi connectivity index (χ3v) is 5.06. The van der Waals surface area contributed by atoms with E-state index < -0.39 is 0 Å². The Bertz CT molecular complexity index is 711. The Labute approximate surface area is 153 Å². The molecule has 0 N–H and O–H groups in total. The molecule has 1 atom stereocenters. The number of carbonyl (C=O) groups excluding carboxylic acids is 1. The lowest BCUT2D eigenvalue weighted by Crippen LogP contribution is -2.37. The van der Waals surface area contributed by atoms with Gasteiger partial charge in [-0.1, -0.05) is 12.8 Å². The summed E-state index contributed by atoms with van der Waals surface area (Å²) in [5.41, 5.74) is 0.528. The summed E-state index contributed by atoms with van der Waals surface area (Å²) in [5, 5.41) is 0. The van der Waals surface area contributed by atoms with Gasteiger partial charge in [-0.2, -0.15) is 0 Å². The van der Waals surface area contributed by atoms with Crippen LogP contribution in [0.3, 0.4) is 0 Å². The highest BCUT2D eigenvalue weighted by Gasteiger charge is 2.29. The summed E-state index contributed by atoms with van der Waals surface area (Å²) in [6.07, 6.45) is 9.12. The summed E-state index contributed by atoms with van der Waals surface area (Å²) in [4.78, 5) is 25.9. The number of carbonyl (C=O) groups is 1. The largest absolute Gasteiger partial charge is 0.467 e. The van der Waals surface area contributed by atoms with Crippen LogP contribution in [0.25, 0.3) is 0 Å². The predicted octanol–water partition coefficient (Wildman–Crippen LogP) is 2.66. The van der Waals surface area contributed by atoms with Gasteiger partial charge in [0, 0.05) is 32.0 Å². The SMILES string of the molecule is O=C(c1cnc(N2CCOCC2)nc1)N1CCCCC[C@@H]1c1ccco1. The molecule has 0 radical (unpaired) electrons. The molecule has 0 unspecified atom stereocenters. The van der Waals surface area contributed by atoms with E-state index in [-0.39, 0.29) is 11.9 Å². The predicted molar refractivity (Wildman–Crippen MR) is 96.0 cm³/mol. The third kappa shape index (κ3) is 3.58. The average molecular weight is 356 g/mol. The van der Waals surface area contributed by atoms with E-state index in [0.717, 1.165) is 51.1 Å². The molecular weight excluding hydrogens is 332 g/mol. The molecule has 7 nitrogen and oxygen atoms in total. The van der Waals surface area contributed by atoms with Crippen molar-refractivity contribution < 1.29 is 13.9 Å². The smallest absolute Gasteiger partial charge is 0.257 e. The number of hydrogen-bond donors (Lipinski definition) is 0. The second kappa shape index (κ2) is 7.86. The van der Waals surface area contributed by atoms with Crippen LogP contribution in [-0.4, -0.2) is 53.6 Å². The maximum absolute atomic E-state index is 13.1. The minimum Gasteiger partial charge on any atom is -0.467 e. The van der Waals surface area contributed by atoms with Crippen LogP contribution in [0.15, 0.2) is 35.2 Å². The van der Waals surface area contributed by atoms with Crippen molar-refractivity contribution in [1.82, 2.24) is 14.9 Å².